The highest BCUT2D eigenvalue weighted by molar-refractivity contribution is 4.94. The summed E-state index contributed by atoms with van der Waals surface area (Å²) in [4.78, 5) is 3.27. The Hall–Kier alpha value is -0.670. The van der Waals surface area contributed by atoms with Crippen molar-refractivity contribution in [2.45, 2.75) is 112 Å². The molecule has 16 heteroatoms. The van der Waals surface area contributed by atoms with Crippen molar-refractivity contribution in [1.29, 1.82) is 0 Å². The van der Waals surface area contributed by atoms with Crippen molar-refractivity contribution in [3.63, 3.8) is 0 Å². The first-order chi connectivity index (χ1) is 19.7. The van der Waals surface area contributed by atoms with Gasteiger partial charge in [0.15, 0.2) is 6.29 Å². The molecule has 3 rings (SSSR count). The second-order valence-corrected chi connectivity index (χ2v) is 10.5. The van der Waals surface area contributed by atoms with E-state index < -0.39 is 49.1 Å². The summed E-state index contributed by atoms with van der Waals surface area (Å²) >= 11 is 0. The summed E-state index contributed by atoms with van der Waals surface area (Å²) in [5.41, 5.74) is 11.7. The minimum Gasteiger partial charge on any atom is -0.400 e. The zero-order chi connectivity index (χ0) is 30.8. The van der Waals surface area contributed by atoms with E-state index in [4.69, 9.17) is 36.3 Å². The van der Waals surface area contributed by atoms with E-state index in [1.54, 1.807) is 0 Å². The molecule has 3 fully saturated rings. The highest BCUT2D eigenvalue weighted by Gasteiger charge is 2.39. The Morgan fingerprint density at radius 2 is 1.76 bits per heavy atom. The standard InChI is InChI=1S/C19H40N4O6.C5H9FO4.CH4O/c20-5-4-14(26)8-22-9-15-2-1-3-18(28-15)29-19-16(21)6-12(7-17(19)27)23-13(10-24)11-25;6-10-5-4(8)1-3(7)2-9-5;1-2/h12-19,22-27H,1-11,20-21H2;3-5,7-8H,1-2H2;2H,1H3/t12?,14?,15?,16?,17?,18-,19-;;/m1../s1. The number of halogens is 1. The van der Waals surface area contributed by atoms with E-state index in [-0.39, 0.29) is 44.4 Å². The molecule has 0 aromatic carbocycles. The maximum atomic E-state index is 11.4. The van der Waals surface area contributed by atoms with Crippen LogP contribution >= 0.6 is 0 Å². The van der Waals surface area contributed by atoms with Crippen molar-refractivity contribution in [1.82, 2.24) is 10.6 Å². The van der Waals surface area contributed by atoms with Crippen molar-refractivity contribution in [3.05, 3.63) is 0 Å². The number of nitrogens with two attached hydrogens (primary N) is 2. The summed E-state index contributed by atoms with van der Waals surface area (Å²) in [6.45, 7) is 1.22. The van der Waals surface area contributed by atoms with Crippen molar-refractivity contribution in [2.24, 2.45) is 11.5 Å². The van der Waals surface area contributed by atoms with Crippen LogP contribution in [0.25, 0.3) is 0 Å². The molecule has 13 N–H and O–H groups in total. The Morgan fingerprint density at radius 1 is 1.05 bits per heavy atom. The summed E-state index contributed by atoms with van der Waals surface area (Å²) in [5.74, 6) is 0. The highest BCUT2D eigenvalue weighted by Crippen LogP contribution is 2.27. The van der Waals surface area contributed by atoms with Crippen LogP contribution in [0.2, 0.25) is 0 Å². The summed E-state index contributed by atoms with van der Waals surface area (Å²) in [5, 5.41) is 69.8. The minimum absolute atomic E-state index is 0.00560. The molecule has 2 aliphatic heterocycles. The topological polar surface area (TPSA) is 255 Å². The van der Waals surface area contributed by atoms with Gasteiger partial charge in [-0.3, -0.25) is 0 Å². The van der Waals surface area contributed by atoms with E-state index >= 15 is 0 Å². The minimum atomic E-state index is -1.23. The summed E-state index contributed by atoms with van der Waals surface area (Å²) in [6, 6.07) is -0.883. The van der Waals surface area contributed by atoms with Crippen LogP contribution in [0.4, 0.5) is 4.53 Å². The van der Waals surface area contributed by atoms with Crippen LogP contribution in [0.5, 0.6) is 0 Å². The number of aliphatic hydroxyl groups excluding tert-OH is 7. The van der Waals surface area contributed by atoms with Gasteiger partial charge in [-0.1, -0.05) is 0 Å². The zero-order valence-corrected chi connectivity index (χ0v) is 23.8. The Kier molecular flexibility index (Phi) is 20.5. The monoisotopic (exact) mass is 604 g/mol. The second-order valence-electron chi connectivity index (χ2n) is 10.5. The number of aliphatic hydroxyl groups is 7. The van der Waals surface area contributed by atoms with Crippen molar-refractivity contribution >= 4 is 0 Å². The third kappa shape index (κ3) is 14.6. The number of hydrogen-bond donors (Lipinski definition) is 11. The van der Waals surface area contributed by atoms with Crippen LogP contribution < -0.4 is 22.1 Å². The molecule has 2 saturated heterocycles. The molecule has 0 spiro atoms. The Labute approximate surface area is 240 Å². The third-order valence-corrected chi connectivity index (χ3v) is 7.04. The molecule has 246 valence electrons. The van der Waals surface area contributed by atoms with E-state index in [0.29, 0.717) is 38.9 Å². The Balaban J connectivity index is 0.000000584. The van der Waals surface area contributed by atoms with E-state index in [9.17, 15) is 25.0 Å². The molecule has 2 heterocycles. The lowest BCUT2D eigenvalue weighted by Gasteiger charge is -2.41. The van der Waals surface area contributed by atoms with Gasteiger partial charge in [0.25, 0.3) is 0 Å². The SMILES string of the molecule is CO.NCCC(O)CNCC1CCC[C@@H](O[C@@H]2C(N)CC(NC(CO)CO)CC2O)O1.OC1COC(OF)C(O)C1. The van der Waals surface area contributed by atoms with Gasteiger partial charge in [-0.2, -0.15) is 4.94 Å². The molecule has 0 amide bonds. The van der Waals surface area contributed by atoms with Gasteiger partial charge in [0.05, 0.1) is 50.3 Å². The Morgan fingerprint density at radius 3 is 2.34 bits per heavy atom. The van der Waals surface area contributed by atoms with Crippen LogP contribution in [0.3, 0.4) is 0 Å². The zero-order valence-electron chi connectivity index (χ0n) is 23.8. The van der Waals surface area contributed by atoms with Crippen LogP contribution in [0.15, 0.2) is 0 Å². The van der Waals surface area contributed by atoms with Gasteiger partial charge in [0.1, 0.15) is 12.2 Å². The molecule has 10 atom stereocenters. The average Bonchev–Trinajstić information content (AvgIpc) is 2.95. The first-order valence-corrected chi connectivity index (χ1v) is 14.2. The third-order valence-electron chi connectivity index (χ3n) is 7.04. The molecule has 8 unspecified atom stereocenters. The van der Waals surface area contributed by atoms with Crippen LogP contribution in [-0.4, -0.2) is 150 Å². The van der Waals surface area contributed by atoms with Crippen molar-refractivity contribution < 1.29 is 59.4 Å². The molecule has 0 aromatic rings. The maximum Gasteiger partial charge on any atom is 0.223 e. The van der Waals surface area contributed by atoms with Gasteiger partial charge < -0.3 is 72.1 Å². The van der Waals surface area contributed by atoms with Crippen LogP contribution in [0, 0.1) is 0 Å². The van der Waals surface area contributed by atoms with Crippen LogP contribution in [-0.2, 0) is 19.2 Å². The van der Waals surface area contributed by atoms with Crippen molar-refractivity contribution in [2.75, 3.05) is 46.6 Å². The lowest BCUT2D eigenvalue weighted by Crippen LogP contribution is -2.58. The van der Waals surface area contributed by atoms with Gasteiger partial charge in [0, 0.05) is 38.7 Å². The van der Waals surface area contributed by atoms with Crippen molar-refractivity contribution in [3.8, 4) is 0 Å². The fraction of sp³-hybridized carbons (Fsp3) is 1.00. The molecular weight excluding hydrogens is 551 g/mol. The molecule has 1 aliphatic carbocycles. The van der Waals surface area contributed by atoms with Gasteiger partial charge >= 0.3 is 0 Å². The molecule has 0 bridgehead atoms. The molecular formula is C25H53FN4O11. The molecule has 41 heavy (non-hydrogen) atoms. The molecule has 1 saturated carbocycles. The Bertz CT molecular complexity index is 634. The predicted molar refractivity (Wildman–Crippen MR) is 145 cm³/mol. The predicted octanol–water partition coefficient (Wildman–Crippen LogP) is -3.68. The number of hydrogen-bond acceptors (Lipinski definition) is 15. The number of ether oxygens (including phenoxy) is 3. The number of rotatable bonds is 13. The normalized spacial score (nSPS) is 34.7. The van der Waals surface area contributed by atoms with E-state index in [0.717, 1.165) is 26.4 Å². The molecule has 0 aromatic heterocycles. The van der Waals surface area contributed by atoms with E-state index in [2.05, 4.69) is 20.3 Å². The smallest absolute Gasteiger partial charge is 0.223 e. The maximum absolute atomic E-state index is 11.4. The van der Waals surface area contributed by atoms with Gasteiger partial charge in [-0.15, -0.1) is 0 Å². The summed E-state index contributed by atoms with van der Waals surface area (Å²) in [7, 11) is 1.00. The fourth-order valence-corrected chi connectivity index (χ4v) is 4.95. The number of nitrogens with one attached hydrogen (secondary N) is 2. The molecule has 15 nitrogen and oxygen atoms in total. The van der Waals surface area contributed by atoms with E-state index in [1.807, 2.05) is 0 Å². The first kappa shape index (κ1) is 38.4. The van der Waals surface area contributed by atoms with Gasteiger partial charge in [-0.05, 0) is 49.6 Å². The lowest BCUT2D eigenvalue weighted by molar-refractivity contribution is -0.324. The summed E-state index contributed by atoms with van der Waals surface area (Å²) in [6.07, 6.45) is -0.885. The van der Waals surface area contributed by atoms with E-state index in [1.165, 1.54) is 0 Å². The summed E-state index contributed by atoms with van der Waals surface area (Å²) < 4.78 is 28.0. The molecule has 3 aliphatic rings. The highest BCUT2D eigenvalue weighted by atomic mass is 19.3. The quantitative estimate of drug-likeness (QED) is 0.0968. The first-order valence-electron chi connectivity index (χ1n) is 14.2. The van der Waals surface area contributed by atoms with Gasteiger partial charge in [-0.25, -0.2) is 0 Å². The lowest BCUT2D eigenvalue weighted by atomic mass is 9.86. The fourth-order valence-electron chi connectivity index (χ4n) is 4.95. The second kappa shape index (κ2) is 21.9. The van der Waals surface area contributed by atoms with Crippen LogP contribution in [0.1, 0.15) is 44.9 Å². The molecule has 0 radical (unpaired) electrons. The van der Waals surface area contributed by atoms with Gasteiger partial charge in [0.2, 0.25) is 6.29 Å². The largest absolute Gasteiger partial charge is 0.400 e. The average molecular weight is 605 g/mol.